The van der Waals surface area contributed by atoms with Gasteiger partial charge in [0, 0.05) is 31.9 Å². The zero-order valence-corrected chi connectivity index (χ0v) is 10.0. The van der Waals surface area contributed by atoms with Crippen LogP contribution in [-0.4, -0.2) is 26.3 Å². The molecule has 2 rings (SSSR count). The molecule has 0 fully saturated rings. The summed E-state index contributed by atoms with van der Waals surface area (Å²) in [5.74, 6) is 0. The number of hydrogen-bond donors (Lipinski definition) is 2. The Balaban J connectivity index is 2.00. The number of rotatable bonds is 4. The Labute approximate surface area is 103 Å². The summed E-state index contributed by atoms with van der Waals surface area (Å²) in [6, 6.07) is 0. The molecule has 17 heavy (non-hydrogen) atoms. The van der Waals surface area contributed by atoms with Crippen molar-refractivity contribution in [3.8, 4) is 0 Å². The highest BCUT2D eigenvalue weighted by molar-refractivity contribution is 6.32. The van der Waals surface area contributed by atoms with Crippen molar-refractivity contribution in [2.45, 2.75) is 6.42 Å². The minimum atomic E-state index is -0.307. The standard InChI is InChI=1S/C10H12ClN5O/c1-16-10(17)9(11)8(5-15-16)13-3-2-7-4-12-6-14-7/h4-6,13H,2-3H2,1H3,(H,12,14). The maximum Gasteiger partial charge on any atom is 0.287 e. The second kappa shape index (κ2) is 5.01. The lowest BCUT2D eigenvalue weighted by molar-refractivity contribution is 0.708. The number of halogens is 1. The van der Waals surface area contributed by atoms with Gasteiger partial charge in [-0.2, -0.15) is 5.10 Å². The number of aromatic amines is 1. The summed E-state index contributed by atoms with van der Waals surface area (Å²) in [7, 11) is 1.56. The summed E-state index contributed by atoms with van der Waals surface area (Å²) >= 11 is 5.90. The molecule has 0 spiro atoms. The number of H-pyrrole nitrogens is 1. The van der Waals surface area contributed by atoms with Gasteiger partial charge in [-0.25, -0.2) is 9.67 Å². The molecule has 0 aliphatic heterocycles. The molecule has 0 bridgehead atoms. The van der Waals surface area contributed by atoms with E-state index in [1.807, 2.05) is 0 Å². The van der Waals surface area contributed by atoms with Crippen LogP contribution in [0, 0.1) is 0 Å². The van der Waals surface area contributed by atoms with Crippen molar-refractivity contribution in [3.05, 3.63) is 39.8 Å². The van der Waals surface area contributed by atoms with Gasteiger partial charge in [0.15, 0.2) is 0 Å². The average Bonchev–Trinajstić information content (AvgIpc) is 2.82. The quantitative estimate of drug-likeness (QED) is 0.846. The fourth-order valence-corrected chi connectivity index (χ4v) is 1.63. The normalized spacial score (nSPS) is 10.5. The van der Waals surface area contributed by atoms with Crippen LogP contribution in [0.5, 0.6) is 0 Å². The van der Waals surface area contributed by atoms with Gasteiger partial charge >= 0.3 is 0 Å². The molecular weight excluding hydrogens is 242 g/mol. The van der Waals surface area contributed by atoms with E-state index in [4.69, 9.17) is 11.6 Å². The Morgan fingerprint density at radius 3 is 3.06 bits per heavy atom. The first-order chi connectivity index (χ1) is 8.18. The van der Waals surface area contributed by atoms with Gasteiger partial charge in [0.05, 0.1) is 18.2 Å². The highest BCUT2D eigenvalue weighted by Gasteiger charge is 2.06. The molecule has 0 radical (unpaired) electrons. The molecule has 90 valence electrons. The van der Waals surface area contributed by atoms with Crippen molar-refractivity contribution >= 4 is 17.3 Å². The molecule has 0 aliphatic rings. The minimum Gasteiger partial charge on any atom is -0.382 e. The Morgan fingerprint density at radius 2 is 2.35 bits per heavy atom. The van der Waals surface area contributed by atoms with Crippen LogP contribution in [0.1, 0.15) is 5.69 Å². The first-order valence-corrected chi connectivity index (χ1v) is 5.49. The molecule has 0 atom stereocenters. The predicted octanol–water partition coefficient (Wildman–Crippen LogP) is 0.811. The van der Waals surface area contributed by atoms with E-state index in [1.54, 1.807) is 19.6 Å². The van der Waals surface area contributed by atoms with E-state index in [1.165, 1.54) is 10.9 Å². The monoisotopic (exact) mass is 253 g/mol. The summed E-state index contributed by atoms with van der Waals surface area (Å²) in [6.07, 6.45) is 5.69. The molecule has 0 saturated heterocycles. The fourth-order valence-electron chi connectivity index (χ4n) is 1.39. The predicted molar refractivity (Wildman–Crippen MR) is 65.3 cm³/mol. The molecule has 7 heteroatoms. The van der Waals surface area contributed by atoms with Crippen LogP contribution in [0.15, 0.2) is 23.5 Å². The van der Waals surface area contributed by atoms with Gasteiger partial charge in [-0.15, -0.1) is 0 Å². The van der Waals surface area contributed by atoms with Crippen molar-refractivity contribution < 1.29 is 0 Å². The highest BCUT2D eigenvalue weighted by atomic mass is 35.5. The number of hydrogen-bond acceptors (Lipinski definition) is 4. The summed E-state index contributed by atoms with van der Waals surface area (Å²) in [5, 5.41) is 7.12. The van der Waals surface area contributed by atoms with Crippen LogP contribution in [0.3, 0.4) is 0 Å². The molecule has 2 aromatic heterocycles. The summed E-state index contributed by atoms with van der Waals surface area (Å²) < 4.78 is 1.20. The molecule has 0 aliphatic carbocycles. The largest absolute Gasteiger partial charge is 0.382 e. The van der Waals surface area contributed by atoms with Crippen molar-refractivity contribution in [3.63, 3.8) is 0 Å². The SMILES string of the molecule is Cn1ncc(NCCc2cnc[nH]2)c(Cl)c1=O. The highest BCUT2D eigenvalue weighted by Crippen LogP contribution is 2.14. The Morgan fingerprint density at radius 1 is 1.53 bits per heavy atom. The van der Waals surface area contributed by atoms with E-state index in [0.717, 1.165) is 12.1 Å². The smallest absolute Gasteiger partial charge is 0.287 e. The molecule has 2 heterocycles. The van der Waals surface area contributed by atoms with Gasteiger partial charge in [-0.3, -0.25) is 4.79 Å². The topological polar surface area (TPSA) is 75.6 Å². The van der Waals surface area contributed by atoms with Crippen LogP contribution < -0.4 is 10.9 Å². The van der Waals surface area contributed by atoms with Crippen LogP contribution in [0.25, 0.3) is 0 Å². The lowest BCUT2D eigenvalue weighted by Gasteiger charge is -2.07. The average molecular weight is 254 g/mol. The molecule has 6 nitrogen and oxygen atoms in total. The third kappa shape index (κ3) is 2.65. The molecule has 0 saturated carbocycles. The molecule has 0 amide bonds. The lowest BCUT2D eigenvalue weighted by atomic mass is 10.3. The van der Waals surface area contributed by atoms with Gasteiger partial charge in [0.1, 0.15) is 5.02 Å². The van der Waals surface area contributed by atoms with E-state index in [-0.39, 0.29) is 10.6 Å². The zero-order chi connectivity index (χ0) is 12.3. The number of aromatic nitrogens is 4. The van der Waals surface area contributed by atoms with Crippen molar-refractivity contribution in [2.24, 2.45) is 7.05 Å². The van der Waals surface area contributed by atoms with Gasteiger partial charge < -0.3 is 10.3 Å². The van der Waals surface area contributed by atoms with Gasteiger partial charge in [0.2, 0.25) is 0 Å². The van der Waals surface area contributed by atoms with Gasteiger partial charge in [-0.05, 0) is 0 Å². The molecule has 0 unspecified atom stereocenters. The zero-order valence-electron chi connectivity index (χ0n) is 9.27. The van der Waals surface area contributed by atoms with Crippen molar-refractivity contribution in [1.82, 2.24) is 19.7 Å². The third-order valence-electron chi connectivity index (χ3n) is 2.34. The summed E-state index contributed by atoms with van der Waals surface area (Å²) in [6.45, 7) is 0.650. The lowest BCUT2D eigenvalue weighted by Crippen LogP contribution is -2.21. The number of nitrogens with zero attached hydrogens (tertiary/aromatic N) is 3. The Hall–Kier alpha value is -1.82. The van der Waals surface area contributed by atoms with E-state index in [2.05, 4.69) is 20.4 Å². The van der Waals surface area contributed by atoms with Crippen LogP contribution >= 0.6 is 11.6 Å². The maximum absolute atomic E-state index is 11.5. The molecular formula is C10H12ClN5O. The summed E-state index contributed by atoms with van der Waals surface area (Å²) in [5.41, 5.74) is 1.26. The number of aryl methyl sites for hydroxylation is 1. The minimum absolute atomic E-state index is 0.159. The molecule has 0 aromatic carbocycles. The maximum atomic E-state index is 11.5. The van der Waals surface area contributed by atoms with E-state index in [0.29, 0.717) is 12.2 Å². The molecule has 2 N–H and O–H groups in total. The van der Waals surface area contributed by atoms with E-state index < -0.39 is 0 Å². The van der Waals surface area contributed by atoms with E-state index >= 15 is 0 Å². The Kier molecular flexibility index (Phi) is 3.43. The second-order valence-corrected chi connectivity index (χ2v) is 3.93. The third-order valence-corrected chi connectivity index (χ3v) is 2.71. The van der Waals surface area contributed by atoms with Crippen LogP contribution in [0.4, 0.5) is 5.69 Å². The van der Waals surface area contributed by atoms with Crippen LogP contribution in [-0.2, 0) is 13.5 Å². The van der Waals surface area contributed by atoms with Crippen molar-refractivity contribution in [1.29, 1.82) is 0 Å². The number of anilines is 1. The Bertz CT molecular complexity index is 548. The van der Waals surface area contributed by atoms with Crippen molar-refractivity contribution in [2.75, 3.05) is 11.9 Å². The van der Waals surface area contributed by atoms with E-state index in [9.17, 15) is 4.79 Å². The summed E-state index contributed by atoms with van der Waals surface area (Å²) in [4.78, 5) is 18.4. The first-order valence-electron chi connectivity index (χ1n) is 5.11. The molecule has 2 aromatic rings. The van der Waals surface area contributed by atoms with Gasteiger partial charge in [0.25, 0.3) is 5.56 Å². The second-order valence-electron chi connectivity index (χ2n) is 3.55. The van der Waals surface area contributed by atoms with Gasteiger partial charge in [-0.1, -0.05) is 11.6 Å². The van der Waals surface area contributed by atoms with Crippen LogP contribution in [0.2, 0.25) is 5.02 Å². The number of imidazole rings is 1. The number of nitrogens with one attached hydrogen (secondary N) is 2. The first kappa shape index (κ1) is 11.7. The fraction of sp³-hybridized carbons (Fsp3) is 0.300.